The molecule has 6 nitrogen and oxygen atoms in total. The van der Waals surface area contributed by atoms with Crippen molar-refractivity contribution in [3.05, 3.63) is 29.8 Å². The summed E-state index contributed by atoms with van der Waals surface area (Å²) in [5, 5.41) is 0. The number of carbonyl (C=O) groups excluding carboxylic acids is 2. The second-order valence-electron chi connectivity index (χ2n) is 6.46. The van der Waals surface area contributed by atoms with E-state index in [2.05, 4.69) is 0 Å². The van der Waals surface area contributed by atoms with Crippen LogP contribution in [0.2, 0.25) is 0 Å². The van der Waals surface area contributed by atoms with Crippen molar-refractivity contribution in [2.45, 2.75) is 25.4 Å². The minimum Gasteiger partial charge on any atom is -0.497 e. The molecule has 1 atom stereocenters. The van der Waals surface area contributed by atoms with Crippen LogP contribution >= 0.6 is 0 Å². The summed E-state index contributed by atoms with van der Waals surface area (Å²) in [6.07, 6.45) is 1.78. The van der Waals surface area contributed by atoms with Gasteiger partial charge in [0.25, 0.3) is 0 Å². The third-order valence-electron chi connectivity index (χ3n) is 4.43. The zero-order valence-electron chi connectivity index (χ0n) is 15.0. The lowest BCUT2D eigenvalue weighted by Gasteiger charge is -2.27. The van der Waals surface area contributed by atoms with Gasteiger partial charge >= 0.3 is 0 Å². The molecule has 1 aromatic carbocycles. The maximum Gasteiger partial charge on any atom is 0.239 e. The smallest absolute Gasteiger partial charge is 0.239 e. The molecule has 2 amide bonds. The summed E-state index contributed by atoms with van der Waals surface area (Å²) in [6.45, 7) is 1.63. The van der Waals surface area contributed by atoms with E-state index in [1.165, 1.54) is 0 Å². The van der Waals surface area contributed by atoms with Crippen LogP contribution in [-0.2, 0) is 16.1 Å². The summed E-state index contributed by atoms with van der Waals surface area (Å²) in [4.78, 5) is 30.0. The Bertz CT molecular complexity index is 571. The van der Waals surface area contributed by atoms with Crippen LogP contribution in [0.4, 0.5) is 0 Å². The normalized spacial score (nSPS) is 17.6. The van der Waals surface area contributed by atoms with Crippen molar-refractivity contribution in [2.24, 2.45) is 0 Å². The number of nitrogens with zero attached hydrogens (tertiary/aromatic N) is 3. The van der Waals surface area contributed by atoms with Crippen LogP contribution in [-0.4, -0.2) is 73.9 Å². The van der Waals surface area contributed by atoms with Crippen molar-refractivity contribution in [1.29, 1.82) is 0 Å². The molecule has 1 fully saturated rings. The SMILES string of the molecule is COc1ccc(CN(C)C(=O)CN2CCCC2C(=O)N(C)C)cc1. The third-order valence-corrected chi connectivity index (χ3v) is 4.43. The standard InChI is InChI=1S/C18H27N3O3/c1-19(2)18(23)16-6-5-11-21(16)13-17(22)20(3)12-14-7-9-15(24-4)10-8-14/h7-10,16H,5-6,11-13H2,1-4H3. The second-order valence-corrected chi connectivity index (χ2v) is 6.46. The van der Waals surface area contributed by atoms with E-state index in [1.54, 1.807) is 38.1 Å². The first-order valence-corrected chi connectivity index (χ1v) is 8.24. The van der Waals surface area contributed by atoms with Crippen molar-refractivity contribution < 1.29 is 14.3 Å². The molecule has 0 N–H and O–H groups in total. The van der Waals surface area contributed by atoms with Crippen LogP contribution in [0.3, 0.4) is 0 Å². The molecule has 1 heterocycles. The monoisotopic (exact) mass is 333 g/mol. The zero-order valence-corrected chi connectivity index (χ0v) is 15.0. The highest BCUT2D eigenvalue weighted by Gasteiger charge is 2.33. The predicted molar refractivity (Wildman–Crippen MR) is 92.8 cm³/mol. The van der Waals surface area contributed by atoms with Gasteiger partial charge in [-0.15, -0.1) is 0 Å². The summed E-state index contributed by atoms with van der Waals surface area (Å²) in [7, 11) is 6.95. The number of hydrogen-bond donors (Lipinski definition) is 0. The molecule has 0 aromatic heterocycles. The predicted octanol–water partition coefficient (Wildman–Crippen LogP) is 1.21. The van der Waals surface area contributed by atoms with Crippen molar-refractivity contribution in [1.82, 2.24) is 14.7 Å². The quantitative estimate of drug-likeness (QED) is 0.785. The van der Waals surface area contributed by atoms with Crippen molar-refractivity contribution in [3.63, 3.8) is 0 Å². The molecule has 0 bridgehead atoms. The van der Waals surface area contributed by atoms with Crippen LogP contribution in [0.1, 0.15) is 18.4 Å². The third kappa shape index (κ3) is 4.47. The number of likely N-dealkylation sites (N-methyl/N-ethyl adjacent to an activating group) is 2. The molecule has 0 spiro atoms. The van der Waals surface area contributed by atoms with E-state index >= 15 is 0 Å². The maximum atomic E-state index is 12.5. The lowest BCUT2D eigenvalue weighted by Crippen LogP contribution is -2.46. The number of benzene rings is 1. The number of rotatable bonds is 6. The van der Waals surface area contributed by atoms with Gasteiger partial charge in [-0.2, -0.15) is 0 Å². The molecule has 24 heavy (non-hydrogen) atoms. The molecule has 1 aromatic rings. The summed E-state index contributed by atoms with van der Waals surface area (Å²) >= 11 is 0. The van der Waals surface area contributed by atoms with Gasteiger partial charge in [0.15, 0.2) is 0 Å². The van der Waals surface area contributed by atoms with Crippen LogP contribution in [0.5, 0.6) is 5.75 Å². The molecule has 0 aliphatic carbocycles. The van der Waals surface area contributed by atoms with Gasteiger partial charge in [-0.1, -0.05) is 12.1 Å². The molecule has 1 saturated heterocycles. The molecule has 0 saturated carbocycles. The largest absolute Gasteiger partial charge is 0.497 e. The number of carbonyl (C=O) groups is 2. The van der Waals surface area contributed by atoms with Gasteiger partial charge in [0.05, 0.1) is 19.7 Å². The van der Waals surface area contributed by atoms with Crippen LogP contribution in [0.25, 0.3) is 0 Å². The van der Waals surface area contributed by atoms with E-state index < -0.39 is 0 Å². The summed E-state index contributed by atoms with van der Waals surface area (Å²) in [6, 6.07) is 7.52. The van der Waals surface area contributed by atoms with E-state index in [0.717, 1.165) is 30.7 Å². The molecule has 1 aliphatic heterocycles. The fourth-order valence-corrected chi connectivity index (χ4v) is 2.98. The molecular formula is C18H27N3O3. The van der Waals surface area contributed by atoms with Crippen LogP contribution in [0.15, 0.2) is 24.3 Å². The van der Waals surface area contributed by atoms with Gasteiger partial charge in [0.1, 0.15) is 5.75 Å². The summed E-state index contributed by atoms with van der Waals surface area (Å²) in [5.41, 5.74) is 1.05. The average Bonchev–Trinajstić information content (AvgIpc) is 3.02. The van der Waals surface area contributed by atoms with Gasteiger partial charge in [-0.3, -0.25) is 14.5 Å². The number of hydrogen-bond acceptors (Lipinski definition) is 4. The summed E-state index contributed by atoms with van der Waals surface area (Å²) < 4.78 is 5.14. The number of amides is 2. The Kier molecular flexibility index (Phi) is 6.20. The highest BCUT2D eigenvalue weighted by Crippen LogP contribution is 2.19. The lowest BCUT2D eigenvalue weighted by atomic mass is 10.2. The summed E-state index contributed by atoms with van der Waals surface area (Å²) in [5.74, 6) is 0.914. The topological polar surface area (TPSA) is 53.1 Å². The second kappa shape index (κ2) is 8.15. The first kappa shape index (κ1) is 18.3. The van der Waals surface area contributed by atoms with Gasteiger partial charge in [-0.25, -0.2) is 0 Å². The van der Waals surface area contributed by atoms with E-state index in [1.807, 2.05) is 29.2 Å². The van der Waals surface area contributed by atoms with Crippen molar-refractivity contribution in [2.75, 3.05) is 41.3 Å². The fraction of sp³-hybridized carbons (Fsp3) is 0.556. The van der Waals surface area contributed by atoms with Crippen molar-refractivity contribution >= 4 is 11.8 Å². The Hall–Kier alpha value is -2.08. The Morgan fingerprint density at radius 1 is 1.21 bits per heavy atom. The average molecular weight is 333 g/mol. The van der Waals surface area contributed by atoms with E-state index in [-0.39, 0.29) is 24.4 Å². The number of methoxy groups -OCH3 is 1. The first-order valence-electron chi connectivity index (χ1n) is 8.24. The highest BCUT2D eigenvalue weighted by molar-refractivity contribution is 5.83. The minimum atomic E-state index is -0.168. The number of ether oxygens (including phenoxy) is 1. The van der Waals surface area contributed by atoms with E-state index in [9.17, 15) is 9.59 Å². The Balaban J connectivity index is 1.91. The van der Waals surface area contributed by atoms with E-state index in [0.29, 0.717) is 6.54 Å². The van der Waals surface area contributed by atoms with Gasteiger partial charge in [0.2, 0.25) is 11.8 Å². The van der Waals surface area contributed by atoms with E-state index in [4.69, 9.17) is 4.74 Å². The molecule has 2 rings (SSSR count). The Morgan fingerprint density at radius 2 is 1.88 bits per heavy atom. The highest BCUT2D eigenvalue weighted by atomic mass is 16.5. The maximum absolute atomic E-state index is 12.5. The first-order chi connectivity index (χ1) is 11.4. The van der Waals surface area contributed by atoms with Crippen molar-refractivity contribution in [3.8, 4) is 5.75 Å². The molecule has 1 unspecified atom stereocenters. The van der Waals surface area contributed by atoms with Crippen LogP contribution in [0, 0.1) is 0 Å². The Labute approximate surface area is 144 Å². The lowest BCUT2D eigenvalue weighted by molar-refractivity contribution is -0.136. The molecule has 1 aliphatic rings. The molecule has 132 valence electrons. The van der Waals surface area contributed by atoms with Gasteiger partial charge in [0, 0.05) is 27.7 Å². The zero-order chi connectivity index (χ0) is 17.7. The van der Waals surface area contributed by atoms with Gasteiger partial charge in [-0.05, 0) is 37.1 Å². The minimum absolute atomic E-state index is 0.0317. The van der Waals surface area contributed by atoms with Gasteiger partial charge < -0.3 is 14.5 Å². The van der Waals surface area contributed by atoms with Crippen LogP contribution < -0.4 is 4.74 Å². The molecular weight excluding hydrogens is 306 g/mol. The molecule has 0 radical (unpaired) electrons. The fourth-order valence-electron chi connectivity index (χ4n) is 2.98. The Morgan fingerprint density at radius 3 is 2.46 bits per heavy atom. The number of likely N-dealkylation sites (tertiary alicyclic amines) is 1. The molecule has 6 heteroatoms.